The summed E-state index contributed by atoms with van der Waals surface area (Å²) in [6, 6.07) is 12.8. The summed E-state index contributed by atoms with van der Waals surface area (Å²) in [6.45, 7) is 0. The maximum atomic E-state index is 13.2. The van der Waals surface area contributed by atoms with Crippen LogP contribution in [-0.4, -0.2) is 0 Å². The molecule has 2 aromatic rings. The summed E-state index contributed by atoms with van der Waals surface area (Å²) in [4.78, 5) is 0. The first-order chi connectivity index (χ1) is 7.77. The van der Waals surface area contributed by atoms with Gasteiger partial charge in [0.15, 0.2) is 0 Å². The van der Waals surface area contributed by atoms with Crippen molar-refractivity contribution in [2.45, 2.75) is 0 Å². The minimum absolute atomic E-state index is 0.189. The normalized spacial score (nSPS) is 9.38. The fourth-order valence-electron chi connectivity index (χ4n) is 1.27. The van der Waals surface area contributed by atoms with Gasteiger partial charge in [0.05, 0.1) is 5.56 Å². The van der Waals surface area contributed by atoms with Gasteiger partial charge in [0.1, 0.15) is 11.6 Å². The molecular weight excluding hydrogens is 206 g/mol. The molecule has 0 saturated carbocycles. The van der Waals surface area contributed by atoms with Crippen molar-refractivity contribution in [2.24, 2.45) is 0 Å². The van der Waals surface area contributed by atoms with E-state index in [-0.39, 0.29) is 5.56 Å². The monoisotopic (exact) mass is 214 g/mol. The standard InChI is InChI=1S/C14H8F2/c15-13-7-4-8-14(16)12(13)10-9-11-5-2-1-3-6-11/h1-8H. The van der Waals surface area contributed by atoms with Crippen molar-refractivity contribution in [3.05, 3.63) is 71.3 Å². The highest BCUT2D eigenvalue weighted by Gasteiger charge is 2.03. The summed E-state index contributed by atoms with van der Waals surface area (Å²) in [6.07, 6.45) is 0. The van der Waals surface area contributed by atoms with Crippen LogP contribution in [0.4, 0.5) is 8.78 Å². The topological polar surface area (TPSA) is 0 Å². The first-order valence-electron chi connectivity index (χ1n) is 4.78. The minimum atomic E-state index is -0.636. The Kier molecular flexibility index (Phi) is 2.98. The van der Waals surface area contributed by atoms with Crippen molar-refractivity contribution >= 4 is 0 Å². The smallest absolute Gasteiger partial charge is 0.141 e. The van der Waals surface area contributed by atoms with Gasteiger partial charge in [0.25, 0.3) is 0 Å². The number of hydrogen-bond acceptors (Lipinski definition) is 0. The Balaban J connectivity index is 2.39. The second kappa shape index (κ2) is 4.59. The molecule has 0 bridgehead atoms. The number of benzene rings is 2. The van der Waals surface area contributed by atoms with E-state index in [9.17, 15) is 8.78 Å². The molecule has 0 aliphatic heterocycles. The predicted molar refractivity (Wildman–Crippen MR) is 58.8 cm³/mol. The van der Waals surface area contributed by atoms with E-state index < -0.39 is 11.6 Å². The van der Waals surface area contributed by atoms with Crippen molar-refractivity contribution in [1.82, 2.24) is 0 Å². The summed E-state index contributed by atoms with van der Waals surface area (Å²) < 4.78 is 26.4. The Morgan fingerprint density at radius 2 is 1.31 bits per heavy atom. The molecule has 0 heterocycles. The SMILES string of the molecule is Fc1cccc(F)c1C#Cc1ccccc1. The molecule has 0 amide bonds. The second-order valence-electron chi connectivity index (χ2n) is 3.21. The van der Waals surface area contributed by atoms with E-state index in [1.807, 2.05) is 18.2 Å². The van der Waals surface area contributed by atoms with E-state index in [0.717, 1.165) is 5.56 Å². The zero-order valence-electron chi connectivity index (χ0n) is 8.37. The first kappa shape index (κ1) is 10.4. The van der Waals surface area contributed by atoms with E-state index in [1.54, 1.807) is 12.1 Å². The van der Waals surface area contributed by atoms with Crippen LogP contribution in [0.2, 0.25) is 0 Å². The van der Waals surface area contributed by atoms with E-state index in [1.165, 1.54) is 18.2 Å². The fraction of sp³-hybridized carbons (Fsp3) is 0. The molecule has 0 atom stereocenters. The van der Waals surface area contributed by atoms with Crippen molar-refractivity contribution in [3.8, 4) is 11.8 Å². The van der Waals surface area contributed by atoms with Crippen molar-refractivity contribution in [3.63, 3.8) is 0 Å². The largest absolute Gasteiger partial charge is 0.206 e. The van der Waals surface area contributed by atoms with Gasteiger partial charge in [-0.25, -0.2) is 8.78 Å². The van der Waals surface area contributed by atoms with Gasteiger partial charge in [-0.05, 0) is 24.3 Å². The second-order valence-corrected chi connectivity index (χ2v) is 3.21. The maximum absolute atomic E-state index is 13.2. The molecule has 0 unspecified atom stereocenters. The van der Waals surface area contributed by atoms with Crippen LogP contribution in [0.3, 0.4) is 0 Å². The van der Waals surface area contributed by atoms with Crippen LogP contribution in [0, 0.1) is 23.5 Å². The summed E-state index contributed by atoms with van der Waals surface area (Å²) >= 11 is 0. The Morgan fingerprint density at radius 1 is 0.688 bits per heavy atom. The van der Waals surface area contributed by atoms with Gasteiger partial charge in [-0.3, -0.25) is 0 Å². The highest BCUT2D eigenvalue weighted by molar-refractivity contribution is 5.43. The lowest BCUT2D eigenvalue weighted by atomic mass is 10.1. The van der Waals surface area contributed by atoms with Crippen molar-refractivity contribution < 1.29 is 8.78 Å². The van der Waals surface area contributed by atoms with Crippen molar-refractivity contribution in [1.29, 1.82) is 0 Å². The Morgan fingerprint density at radius 3 is 1.94 bits per heavy atom. The Bertz CT molecular complexity index is 528. The van der Waals surface area contributed by atoms with Crippen LogP contribution in [0.1, 0.15) is 11.1 Å². The molecule has 0 N–H and O–H groups in total. The summed E-state index contributed by atoms with van der Waals surface area (Å²) in [7, 11) is 0. The zero-order chi connectivity index (χ0) is 11.4. The van der Waals surface area contributed by atoms with Gasteiger partial charge in [-0.2, -0.15) is 0 Å². The lowest BCUT2D eigenvalue weighted by Gasteiger charge is -1.95. The van der Waals surface area contributed by atoms with E-state index in [0.29, 0.717) is 0 Å². The molecule has 2 heteroatoms. The van der Waals surface area contributed by atoms with Gasteiger partial charge >= 0.3 is 0 Å². The third-order valence-corrected chi connectivity index (χ3v) is 2.07. The average molecular weight is 214 g/mol. The van der Waals surface area contributed by atoms with Crippen molar-refractivity contribution in [2.75, 3.05) is 0 Å². The van der Waals surface area contributed by atoms with Crippen LogP contribution >= 0.6 is 0 Å². The zero-order valence-corrected chi connectivity index (χ0v) is 8.37. The lowest BCUT2D eigenvalue weighted by Crippen LogP contribution is -1.88. The Labute approximate surface area is 92.5 Å². The van der Waals surface area contributed by atoms with Crippen LogP contribution in [0.25, 0.3) is 0 Å². The molecule has 0 spiro atoms. The molecule has 0 aliphatic carbocycles. The molecule has 0 nitrogen and oxygen atoms in total. The summed E-state index contributed by atoms with van der Waals surface area (Å²) in [5.74, 6) is 3.94. The molecule has 78 valence electrons. The highest BCUT2D eigenvalue weighted by Crippen LogP contribution is 2.10. The van der Waals surface area contributed by atoms with Gasteiger partial charge < -0.3 is 0 Å². The third kappa shape index (κ3) is 2.26. The Hall–Kier alpha value is -2.14. The molecule has 0 saturated heterocycles. The van der Waals surface area contributed by atoms with Gasteiger partial charge in [-0.15, -0.1) is 0 Å². The minimum Gasteiger partial charge on any atom is -0.206 e. The number of halogens is 2. The van der Waals surface area contributed by atoms with Gasteiger partial charge in [-0.1, -0.05) is 36.1 Å². The molecule has 16 heavy (non-hydrogen) atoms. The molecule has 0 fully saturated rings. The molecular formula is C14H8F2. The number of hydrogen-bond donors (Lipinski definition) is 0. The molecule has 0 aromatic heterocycles. The first-order valence-corrected chi connectivity index (χ1v) is 4.78. The van der Waals surface area contributed by atoms with E-state index in [2.05, 4.69) is 11.8 Å². The summed E-state index contributed by atoms with van der Waals surface area (Å²) in [5, 5.41) is 0. The van der Waals surface area contributed by atoms with Crippen LogP contribution < -0.4 is 0 Å². The highest BCUT2D eigenvalue weighted by atomic mass is 19.1. The van der Waals surface area contributed by atoms with Crippen LogP contribution in [0.5, 0.6) is 0 Å². The molecule has 0 aliphatic rings. The number of rotatable bonds is 0. The van der Waals surface area contributed by atoms with Gasteiger partial charge in [0.2, 0.25) is 0 Å². The lowest BCUT2D eigenvalue weighted by molar-refractivity contribution is 0.577. The average Bonchev–Trinajstić information content (AvgIpc) is 2.30. The maximum Gasteiger partial charge on any atom is 0.141 e. The quantitative estimate of drug-likeness (QED) is 0.590. The molecule has 2 aromatic carbocycles. The predicted octanol–water partition coefficient (Wildman–Crippen LogP) is 3.36. The van der Waals surface area contributed by atoms with Crippen LogP contribution in [0.15, 0.2) is 48.5 Å². The summed E-state index contributed by atoms with van der Waals surface area (Å²) in [5.41, 5.74) is 0.538. The molecule has 0 radical (unpaired) electrons. The van der Waals surface area contributed by atoms with E-state index in [4.69, 9.17) is 0 Å². The van der Waals surface area contributed by atoms with Gasteiger partial charge in [0, 0.05) is 5.56 Å². The van der Waals surface area contributed by atoms with E-state index >= 15 is 0 Å². The molecule has 2 rings (SSSR count). The van der Waals surface area contributed by atoms with Crippen LogP contribution in [-0.2, 0) is 0 Å². The third-order valence-electron chi connectivity index (χ3n) is 2.07. The fourth-order valence-corrected chi connectivity index (χ4v) is 1.27.